The van der Waals surface area contributed by atoms with Gasteiger partial charge in [-0.25, -0.2) is 4.63 Å². The maximum atomic E-state index is 12.6. The molecule has 1 amide bonds. The van der Waals surface area contributed by atoms with Crippen LogP contribution in [0.5, 0.6) is 5.75 Å². The van der Waals surface area contributed by atoms with Crippen molar-refractivity contribution in [1.29, 1.82) is 0 Å². The number of ether oxygens (including phenoxy) is 2. The third-order valence-corrected chi connectivity index (χ3v) is 4.03. The fourth-order valence-electron chi connectivity index (χ4n) is 2.61. The number of hydrogen-bond donors (Lipinski definition) is 1. The van der Waals surface area contributed by atoms with E-state index in [1.165, 1.54) is 4.90 Å². The molecular weight excluding hydrogens is 326 g/mol. The van der Waals surface area contributed by atoms with Crippen LogP contribution < -0.4 is 4.74 Å². The molecule has 8 nitrogen and oxygen atoms in total. The molecular formula is C17H21N3O5. The normalized spacial score (nSPS) is 21.0. The summed E-state index contributed by atoms with van der Waals surface area (Å²) >= 11 is 0. The number of rotatable bonds is 4. The van der Waals surface area contributed by atoms with E-state index < -0.39 is 5.60 Å². The maximum absolute atomic E-state index is 12.6. The van der Waals surface area contributed by atoms with Crippen molar-refractivity contribution >= 4 is 5.91 Å². The molecule has 1 atom stereocenters. The van der Waals surface area contributed by atoms with Crippen LogP contribution in [0.1, 0.15) is 21.7 Å². The molecule has 1 aromatic heterocycles. The Labute approximate surface area is 145 Å². The monoisotopic (exact) mass is 347 g/mol. The SMILES string of the molecule is Cc1ccc(OCC2(O)COCCN(C(=O)c3nonc3C)C2)cc1. The van der Waals surface area contributed by atoms with Crippen molar-refractivity contribution in [2.45, 2.75) is 19.4 Å². The van der Waals surface area contributed by atoms with E-state index in [1.54, 1.807) is 6.92 Å². The Bertz CT molecular complexity index is 730. The van der Waals surface area contributed by atoms with Crippen molar-refractivity contribution in [3.63, 3.8) is 0 Å². The number of aliphatic hydroxyl groups is 1. The lowest BCUT2D eigenvalue weighted by Gasteiger charge is -2.30. The van der Waals surface area contributed by atoms with E-state index in [9.17, 15) is 9.90 Å². The summed E-state index contributed by atoms with van der Waals surface area (Å²) in [6.07, 6.45) is 0. The van der Waals surface area contributed by atoms with Crippen LogP contribution in [-0.4, -0.2) is 64.7 Å². The molecule has 0 aliphatic carbocycles. The van der Waals surface area contributed by atoms with E-state index in [-0.39, 0.29) is 31.4 Å². The minimum atomic E-state index is -1.32. The van der Waals surface area contributed by atoms with Gasteiger partial charge in [0.25, 0.3) is 5.91 Å². The number of carbonyl (C=O) groups is 1. The smallest absolute Gasteiger partial charge is 0.278 e. The van der Waals surface area contributed by atoms with Gasteiger partial charge in [-0.1, -0.05) is 22.9 Å². The summed E-state index contributed by atoms with van der Waals surface area (Å²) in [6.45, 7) is 4.46. The Balaban J connectivity index is 1.68. The number of amides is 1. The third-order valence-electron chi connectivity index (χ3n) is 4.03. The van der Waals surface area contributed by atoms with E-state index in [4.69, 9.17) is 9.47 Å². The number of hydrogen-bond acceptors (Lipinski definition) is 7. The molecule has 8 heteroatoms. The van der Waals surface area contributed by atoms with Crippen molar-refractivity contribution in [2.24, 2.45) is 0 Å². The average molecular weight is 347 g/mol. The first kappa shape index (κ1) is 17.4. The van der Waals surface area contributed by atoms with Gasteiger partial charge in [0, 0.05) is 6.54 Å². The highest BCUT2D eigenvalue weighted by molar-refractivity contribution is 5.93. The van der Waals surface area contributed by atoms with Gasteiger partial charge in [-0.15, -0.1) is 0 Å². The largest absolute Gasteiger partial charge is 0.490 e. The van der Waals surface area contributed by atoms with E-state index in [2.05, 4.69) is 14.9 Å². The Morgan fingerprint density at radius 3 is 2.76 bits per heavy atom. The molecule has 0 bridgehead atoms. The topological polar surface area (TPSA) is 97.9 Å². The average Bonchev–Trinajstić information content (AvgIpc) is 2.92. The van der Waals surface area contributed by atoms with Gasteiger partial charge in [0.15, 0.2) is 5.69 Å². The number of nitrogens with zero attached hydrogens (tertiary/aromatic N) is 3. The van der Waals surface area contributed by atoms with Crippen LogP contribution in [0.25, 0.3) is 0 Å². The van der Waals surface area contributed by atoms with Crippen molar-refractivity contribution in [3.05, 3.63) is 41.2 Å². The van der Waals surface area contributed by atoms with Crippen molar-refractivity contribution in [1.82, 2.24) is 15.2 Å². The molecule has 2 heterocycles. The highest BCUT2D eigenvalue weighted by Gasteiger charge is 2.36. The quantitative estimate of drug-likeness (QED) is 0.880. The molecule has 1 aromatic carbocycles. The molecule has 1 fully saturated rings. The van der Waals surface area contributed by atoms with Crippen LogP contribution in [0, 0.1) is 13.8 Å². The fraction of sp³-hybridized carbons (Fsp3) is 0.471. The van der Waals surface area contributed by atoms with Gasteiger partial charge in [0.1, 0.15) is 23.7 Å². The standard InChI is InChI=1S/C17H21N3O5/c1-12-3-5-14(6-4-12)24-11-17(22)9-20(7-8-23-10-17)16(21)15-13(2)18-25-19-15/h3-6,22H,7-11H2,1-2H3. The molecule has 0 saturated carbocycles. The molecule has 1 saturated heterocycles. The van der Waals surface area contributed by atoms with Crippen LogP contribution in [0.4, 0.5) is 0 Å². The minimum Gasteiger partial charge on any atom is -0.490 e. The highest BCUT2D eigenvalue weighted by Crippen LogP contribution is 2.19. The molecule has 2 aromatic rings. The minimum absolute atomic E-state index is 0.00981. The molecule has 134 valence electrons. The van der Waals surface area contributed by atoms with Crippen molar-refractivity contribution in [3.8, 4) is 5.75 Å². The van der Waals surface area contributed by atoms with Crippen LogP contribution in [0.3, 0.4) is 0 Å². The first-order valence-electron chi connectivity index (χ1n) is 8.05. The van der Waals surface area contributed by atoms with E-state index in [1.807, 2.05) is 31.2 Å². The third kappa shape index (κ3) is 4.15. The summed E-state index contributed by atoms with van der Waals surface area (Å²) < 4.78 is 15.7. The number of benzene rings is 1. The summed E-state index contributed by atoms with van der Waals surface area (Å²) in [5, 5.41) is 18.1. The lowest BCUT2D eigenvalue weighted by atomic mass is 10.1. The van der Waals surface area contributed by atoms with Crippen LogP contribution in [-0.2, 0) is 4.74 Å². The van der Waals surface area contributed by atoms with Crippen LogP contribution in [0.15, 0.2) is 28.9 Å². The molecule has 25 heavy (non-hydrogen) atoms. The fourth-order valence-corrected chi connectivity index (χ4v) is 2.61. The van der Waals surface area contributed by atoms with Gasteiger partial charge >= 0.3 is 0 Å². The lowest BCUT2D eigenvalue weighted by Crippen LogP contribution is -2.50. The highest BCUT2D eigenvalue weighted by atomic mass is 16.6. The zero-order valence-electron chi connectivity index (χ0n) is 14.3. The maximum Gasteiger partial charge on any atom is 0.278 e. The molecule has 1 N–H and O–H groups in total. The first-order valence-corrected chi connectivity index (χ1v) is 8.05. The summed E-state index contributed by atoms with van der Waals surface area (Å²) in [6, 6.07) is 7.53. The van der Waals surface area contributed by atoms with Crippen LogP contribution in [0.2, 0.25) is 0 Å². The zero-order chi connectivity index (χ0) is 17.9. The molecule has 0 radical (unpaired) electrons. The van der Waals surface area contributed by atoms with Gasteiger partial charge in [0.05, 0.1) is 19.8 Å². The Morgan fingerprint density at radius 1 is 1.32 bits per heavy atom. The van der Waals surface area contributed by atoms with Gasteiger partial charge in [-0.2, -0.15) is 0 Å². The van der Waals surface area contributed by atoms with E-state index in [0.717, 1.165) is 5.56 Å². The second-order valence-electron chi connectivity index (χ2n) is 6.30. The van der Waals surface area contributed by atoms with Gasteiger partial charge in [0.2, 0.25) is 0 Å². The summed E-state index contributed by atoms with van der Waals surface area (Å²) in [7, 11) is 0. The Morgan fingerprint density at radius 2 is 2.08 bits per heavy atom. The molecule has 1 unspecified atom stereocenters. The van der Waals surface area contributed by atoms with E-state index in [0.29, 0.717) is 24.6 Å². The van der Waals surface area contributed by atoms with Gasteiger partial charge in [-0.05, 0) is 31.1 Å². The predicted octanol–water partition coefficient (Wildman–Crippen LogP) is 0.969. The second kappa shape index (κ2) is 7.20. The lowest BCUT2D eigenvalue weighted by molar-refractivity contribution is -0.0621. The second-order valence-corrected chi connectivity index (χ2v) is 6.30. The molecule has 3 rings (SSSR count). The number of β-amino-alcohol motifs (C(OH)–C–C–N with tert-alkyl or cyclic N) is 1. The molecule has 1 aliphatic heterocycles. The first-order chi connectivity index (χ1) is 12.0. The number of aromatic nitrogens is 2. The van der Waals surface area contributed by atoms with Crippen molar-refractivity contribution < 1.29 is 24.0 Å². The Hall–Kier alpha value is -2.45. The summed E-state index contributed by atoms with van der Waals surface area (Å²) in [5.74, 6) is 0.302. The van der Waals surface area contributed by atoms with Crippen molar-refractivity contribution in [2.75, 3.05) is 32.9 Å². The number of carbonyl (C=O) groups excluding carboxylic acids is 1. The summed E-state index contributed by atoms with van der Waals surface area (Å²) in [4.78, 5) is 14.1. The molecule has 0 spiro atoms. The number of aryl methyl sites for hydroxylation is 2. The van der Waals surface area contributed by atoms with Gasteiger partial charge < -0.3 is 19.5 Å². The Kier molecular flexibility index (Phi) is 5.00. The van der Waals surface area contributed by atoms with E-state index >= 15 is 0 Å². The van der Waals surface area contributed by atoms with Crippen LogP contribution >= 0.6 is 0 Å². The molecule has 1 aliphatic rings. The summed E-state index contributed by atoms with van der Waals surface area (Å²) in [5.41, 5.74) is 0.359. The zero-order valence-corrected chi connectivity index (χ0v) is 14.3. The van der Waals surface area contributed by atoms with Gasteiger partial charge in [-0.3, -0.25) is 4.79 Å². The predicted molar refractivity (Wildman–Crippen MR) is 87.4 cm³/mol.